The van der Waals surface area contributed by atoms with Gasteiger partial charge in [-0.25, -0.2) is 0 Å². The van der Waals surface area contributed by atoms with Crippen LogP contribution in [0.1, 0.15) is 52.4 Å². The third-order valence-corrected chi connectivity index (χ3v) is 2.96. The second-order valence-electron chi connectivity index (χ2n) is 4.01. The zero-order valence-electron chi connectivity index (χ0n) is 8.64. The largest absolute Gasteiger partial charge is 0.306 e. The number of rotatable bonds is 8. The van der Waals surface area contributed by atoms with Crippen LogP contribution in [0.2, 0.25) is 6.04 Å². The third-order valence-electron chi connectivity index (χ3n) is 2.18. The van der Waals surface area contributed by atoms with Crippen LogP contribution in [0.4, 0.5) is 0 Å². The Kier molecular flexibility index (Phi) is 9.40. The highest BCUT2D eigenvalue weighted by molar-refractivity contribution is 6.24. The average molecular weight is 187 g/mol. The topological polar surface area (TPSA) is 19.9 Å². The van der Waals surface area contributed by atoms with Gasteiger partial charge in [-0.05, 0) is 12.0 Å². The fraction of sp³-hybridized carbons (Fsp3) is 1.00. The van der Waals surface area contributed by atoms with Crippen molar-refractivity contribution in [3.8, 4) is 0 Å². The molecule has 0 spiro atoms. The molecular formula is C10H23OSi. The first-order valence-electron chi connectivity index (χ1n) is 5.35. The fourth-order valence-corrected chi connectivity index (χ4v) is 1.92. The van der Waals surface area contributed by atoms with Crippen LogP contribution in [0.3, 0.4) is 0 Å². The van der Waals surface area contributed by atoms with Crippen molar-refractivity contribution in [2.45, 2.75) is 58.4 Å². The molecule has 0 aromatic rings. The second-order valence-corrected chi connectivity index (χ2v) is 5.12. The molecule has 0 aromatic carbocycles. The van der Waals surface area contributed by atoms with E-state index in [0.29, 0.717) is 0 Å². The Labute approximate surface area is 79.5 Å². The van der Waals surface area contributed by atoms with Crippen molar-refractivity contribution >= 4 is 9.76 Å². The van der Waals surface area contributed by atoms with E-state index in [-0.39, 0.29) is 0 Å². The van der Waals surface area contributed by atoms with E-state index in [0.717, 1.165) is 12.0 Å². The molecule has 0 unspecified atom stereocenters. The minimum absolute atomic E-state index is 0.860. The summed E-state index contributed by atoms with van der Waals surface area (Å²) < 4.78 is 0. The first-order valence-corrected chi connectivity index (χ1v) is 6.93. The Morgan fingerprint density at radius 3 is 2.17 bits per heavy atom. The molecule has 0 aliphatic heterocycles. The van der Waals surface area contributed by atoms with Crippen molar-refractivity contribution in [2.75, 3.05) is 0 Å². The molecule has 73 valence electrons. The average Bonchev–Trinajstić information content (AvgIpc) is 2.02. The third kappa shape index (κ3) is 10.2. The number of hydrogen-bond donors (Lipinski definition) is 0. The van der Waals surface area contributed by atoms with Gasteiger partial charge in [-0.3, -0.25) is 0 Å². The molecule has 0 N–H and O–H groups in total. The monoisotopic (exact) mass is 187 g/mol. The van der Waals surface area contributed by atoms with E-state index in [1.54, 1.807) is 0 Å². The van der Waals surface area contributed by atoms with Crippen molar-refractivity contribution in [1.82, 2.24) is 0 Å². The summed E-state index contributed by atoms with van der Waals surface area (Å²) in [5.74, 6) is 0.860. The first kappa shape index (κ1) is 12.2. The molecule has 12 heavy (non-hydrogen) atoms. The lowest BCUT2D eigenvalue weighted by atomic mass is 10.0. The Morgan fingerprint density at radius 1 is 1.00 bits per heavy atom. The molecule has 0 bridgehead atoms. The molecule has 1 nitrogen and oxygen atoms in total. The molecule has 0 aromatic heterocycles. The highest BCUT2D eigenvalue weighted by Crippen LogP contribution is 2.10. The van der Waals surface area contributed by atoms with Gasteiger partial charge in [-0.1, -0.05) is 52.4 Å². The highest BCUT2D eigenvalue weighted by Gasteiger charge is 1.94. The van der Waals surface area contributed by atoms with Crippen LogP contribution in [0.15, 0.2) is 0 Å². The summed E-state index contributed by atoms with van der Waals surface area (Å²) in [4.78, 5) is 10.2. The predicted molar refractivity (Wildman–Crippen MR) is 56.6 cm³/mol. The lowest BCUT2D eigenvalue weighted by Gasteiger charge is -2.03. The summed E-state index contributed by atoms with van der Waals surface area (Å²) >= 11 is 0. The summed E-state index contributed by atoms with van der Waals surface area (Å²) in [5.41, 5.74) is 0. The summed E-state index contributed by atoms with van der Waals surface area (Å²) in [5, 5.41) is 0. The SMILES string of the molecule is CC(C)CCCCCCC[SiH2][O]. The number of hydrogen-bond acceptors (Lipinski definition) is 0. The summed E-state index contributed by atoms with van der Waals surface area (Å²) in [6.07, 6.45) is 7.98. The van der Waals surface area contributed by atoms with E-state index >= 15 is 0 Å². The van der Waals surface area contributed by atoms with Crippen LogP contribution in [0.25, 0.3) is 0 Å². The van der Waals surface area contributed by atoms with Gasteiger partial charge in [0.25, 0.3) is 0 Å². The predicted octanol–water partition coefficient (Wildman–Crippen LogP) is 2.92. The van der Waals surface area contributed by atoms with Gasteiger partial charge < -0.3 is 4.80 Å². The minimum atomic E-state index is -0.888. The number of unbranched alkanes of at least 4 members (excludes halogenated alkanes) is 4. The molecule has 0 aliphatic rings. The van der Waals surface area contributed by atoms with E-state index in [9.17, 15) is 4.80 Å². The lowest BCUT2D eigenvalue weighted by molar-refractivity contribution is 0.467. The zero-order valence-corrected chi connectivity index (χ0v) is 10.1. The molecule has 1 radical (unpaired) electrons. The van der Waals surface area contributed by atoms with E-state index in [2.05, 4.69) is 13.8 Å². The van der Waals surface area contributed by atoms with Crippen molar-refractivity contribution in [3.05, 3.63) is 0 Å². The molecule has 0 saturated heterocycles. The first-order chi connectivity index (χ1) is 5.77. The van der Waals surface area contributed by atoms with Crippen LogP contribution < -0.4 is 0 Å². The molecule has 2 heteroatoms. The minimum Gasteiger partial charge on any atom is -0.306 e. The zero-order chi connectivity index (χ0) is 9.23. The highest BCUT2D eigenvalue weighted by atomic mass is 28.2. The van der Waals surface area contributed by atoms with Gasteiger partial charge >= 0.3 is 0 Å². The van der Waals surface area contributed by atoms with Crippen molar-refractivity contribution in [3.63, 3.8) is 0 Å². The molecule has 0 fully saturated rings. The van der Waals surface area contributed by atoms with E-state index in [4.69, 9.17) is 0 Å². The maximum absolute atomic E-state index is 10.2. The van der Waals surface area contributed by atoms with Gasteiger partial charge in [0.15, 0.2) is 0 Å². The molecule has 0 aliphatic carbocycles. The smallest absolute Gasteiger partial charge is 0.207 e. The quantitative estimate of drug-likeness (QED) is 0.411. The van der Waals surface area contributed by atoms with Gasteiger partial charge in [0.2, 0.25) is 9.76 Å². The summed E-state index contributed by atoms with van der Waals surface area (Å²) in [6, 6.07) is 1.02. The normalized spacial score (nSPS) is 12.0. The van der Waals surface area contributed by atoms with Crippen LogP contribution in [0, 0.1) is 5.92 Å². The lowest BCUT2D eigenvalue weighted by Crippen LogP contribution is -1.88. The molecule has 0 atom stereocenters. The molecule has 0 amide bonds. The molecule has 0 rings (SSSR count). The van der Waals surface area contributed by atoms with Crippen molar-refractivity contribution in [1.29, 1.82) is 0 Å². The summed E-state index contributed by atoms with van der Waals surface area (Å²) in [7, 11) is -0.888. The Balaban J connectivity index is 2.82. The van der Waals surface area contributed by atoms with Gasteiger partial charge in [-0.2, -0.15) is 0 Å². The van der Waals surface area contributed by atoms with E-state index < -0.39 is 9.76 Å². The van der Waals surface area contributed by atoms with Gasteiger partial charge in [0.05, 0.1) is 0 Å². The molecule has 0 saturated carbocycles. The van der Waals surface area contributed by atoms with Crippen LogP contribution in [0.5, 0.6) is 0 Å². The van der Waals surface area contributed by atoms with Crippen LogP contribution in [-0.2, 0) is 4.80 Å². The maximum atomic E-state index is 10.2. The second kappa shape index (κ2) is 9.27. The van der Waals surface area contributed by atoms with Gasteiger partial charge in [0.1, 0.15) is 0 Å². The Morgan fingerprint density at radius 2 is 1.58 bits per heavy atom. The van der Waals surface area contributed by atoms with Gasteiger partial charge in [-0.15, -0.1) is 0 Å². The fourth-order valence-electron chi connectivity index (χ4n) is 1.36. The maximum Gasteiger partial charge on any atom is 0.207 e. The Bertz CT molecular complexity index is 83.9. The molecular weight excluding hydrogens is 164 g/mol. The van der Waals surface area contributed by atoms with Crippen LogP contribution in [-0.4, -0.2) is 9.76 Å². The van der Waals surface area contributed by atoms with Gasteiger partial charge in [0, 0.05) is 0 Å². The van der Waals surface area contributed by atoms with E-state index in [1.807, 2.05) is 0 Å². The van der Waals surface area contributed by atoms with Crippen molar-refractivity contribution < 1.29 is 4.80 Å². The van der Waals surface area contributed by atoms with Crippen LogP contribution >= 0.6 is 0 Å². The summed E-state index contributed by atoms with van der Waals surface area (Å²) in [6.45, 7) is 4.56. The standard InChI is InChI=1S/C10H23OSi/c1-10(2)8-6-4-3-5-7-9-12-11/h10H,3-9,12H2,1-2H3. The Hall–Kier alpha value is 0.177. The van der Waals surface area contributed by atoms with Crippen molar-refractivity contribution in [2.24, 2.45) is 5.92 Å². The molecule has 0 heterocycles. The van der Waals surface area contributed by atoms with E-state index in [1.165, 1.54) is 38.5 Å².